The molecule has 0 aliphatic heterocycles. The zero-order valence-corrected chi connectivity index (χ0v) is 18.6. The number of nitro benzene ring substituents is 1. The van der Waals surface area contributed by atoms with Crippen molar-refractivity contribution in [2.24, 2.45) is 7.05 Å². The zero-order valence-electron chi connectivity index (χ0n) is 15.6. The number of non-ortho nitro benzene ring substituents is 1. The van der Waals surface area contributed by atoms with Crippen LogP contribution in [0, 0.1) is 13.8 Å². The number of hydrogen-bond donors (Lipinski definition) is 0. The van der Waals surface area contributed by atoms with Crippen LogP contribution in [0.2, 0.25) is 0 Å². The van der Waals surface area contributed by atoms with Gasteiger partial charge in [-0.3, -0.25) is 14.8 Å². The number of nitrogens with zero attached hydrogens (tertiary/aromatic N) is 4. The molecule has 4 aromatic rings. The van der Waals surface area contributed by atoms with Crippen LogP contribution >= 0.6 is 22.6 Å². The summed E-state index contributed by atoms with van der Waals surface area (Å²) in [5, 5.41) is 15.4. The molecule has 2 aromatic carbocycles. The van der Waals surface area contributed by atoms with Gasteiger partial charge in [0.05, 0.1) is 13.5 Å². The van der Waals surface area contributed by atoms with Crippen molar-refractivity contribution >= 4 is 38.3 Å². The number of hydrogen-bond acceptors (Lipinski definition) is 5. The second-order valence-corrected chi connectivity index (χ2v) is 9.45. The fraction of sp³-hybridized carbons (Fsp3) is 0.0500. The number of aryl methyl sites for hydroxylation is 1. The minimum Gasteiger partial charge on any atom is -0.275 e. The summed E-state index contributed by atoms with van der Waals surface area (Å²) >= 11 is 1.99. The van der Waals surface area contributed by atoms with Gasteiger partial charge in [-0.2, -0.15) is 5.10 Å². The maximum absolute atomic E-state index is 13.0. The fourth-order valence-electron chi connectivity index (χ4n) is 3.11. The van der Waals surface area contributed by atoms with E-state index in [0.29, 0.717) is 20.5 Å². The van der Waals surface area contributed by atoms with Crippen molar-refractivity contribution in [3.8, 4) is 22.4 Å². The summed E-state index contributed by atoms with van der Waals surface area (Å²) in [4.78, 5) is 10.7. The molecular formula is C20H15IN4O4S. The molecule has 0 saturated carbocycles. The van der Waals surface area contributed by atoms with Crippen molar-refractivity contribution in [3.05, 3.63) is 86.9 Å². The molecule has 0 radical (unpaired) electrons. The van der Waals surface area contributed by atoms with Crippen LogP contribution in [0.25, 0.3) is 22.4 Å². The summed E-state index contributed by atoms with van der Waals surface area (Å²) in [5.74, 6) is 0. The number of nitro groups is 1. The highest BCUT2D eigenvalue weighted by molar-refractivity contribution is 14.1. The Balaban J connectivity index is 1.80. The molecule has 4 rings (SSSR count). The third-order valence-electron chi connectivity index (χ3n) is 4.53. The predicted octanol–water partition coefficient (Wildman–Crippen LogP) is 4.31. The SMILES string of the molecule is Cn1cc(-c2cc(I)n(S(=O)(=O)c3ccccc3)c2)c(-c2ccc([N+](=O)[O-])cc2)n1. The van der Waals surface area contributed by atoms with Gasteiger partial charge < -0.3 is 0 Å². The van der Waals surface area contributed by atoms with Gasteiger partial charge in [-0.15, -0.1) is 0 Å². The average Bonchev–Trinajstić information content (AvgIpc) is 3.31. The monoisotopic (exact) mass is 534 g/mol. The second-order valence-electron chi connectivity index (χ2n) is 6.53. The Bertz CT molecular complexity index is 1340. The van der Waals surface area contributed by atoms with Crippen molar-refractivity contribution in [2.75, 3.05) is 0 Å². The standard InChI is InChI=1S/C20H15IN4O4S/c1-23-13-18(20(22-23)14-7-9-16(10-8-14)25(26)27)15-11-19(21)24(12-15)30(28,29)17-5-3-2-4-6-17/h2-13H,1H3. The van der Waals surface area contributed by atoms with Gasteiger partial charge in [-0.05, 0) is 52.9 Å². The smallest absolute Gasteiger partial charge is 0.269 e. The van der Waals surface area contributed by atoms with E-state index < -0.39 is 14.9 Å². The lowest BCUT2D eigenvalue weighted by Crippen LogP contribution is -2.13. The minimum atomic E-state index is -3.74. The molecule has 0 amide bonds. The molecule has 8 nitrogen and oxygen atoms in total. The highest BCUT2D eigenvalue weighted by Crippen LogP contribution is 2.34. The fourth-order valence-corrected chi connectivity index (χ4v) is 5.62. The highest BCUT2D eigenvalue weighted by Gasteiger charge is 2.22. The van der Waals surface area contributed by atoms with Crippen LogP contribution in [-0.4, -0.2) is 27.1 Å². The van der Waals surface area contributed by atoms with Crippen LogP contribution in [-0.2, 0) is 17.1 Å². The lowest BCUT2D eigenvalue weighted by atomic mass is 10.0. The lowest BCUT2D eigenvalue weighted by molar-refractivity contribution is -0.384. The normalized spacial score (nSPS) is 11.5. The van der Waals surface area contributed by atoms with E-state index >= 15 is 0 Å². The third-order valence-corrected chi connectivity index (χ3v) is 7.38. The van der Waals surface area contributed by atoms with Gasteiger partial charge in [-0.1, -0.05) is 18.2 Å². The summed E-state index contributed by atoms with van der Waals surface area (Å²) in [6.45, 7) is 0. The average molecular weight is 534 g/mol. The quantitative estimate of drug-likeness (QED) is 0.216. The van der Waals surface area contributed by atoms with E-state index in [2.05, 4.69) is 5.10 Å². The molecule has 0 unspecified atom stereocenters. The molecule has 0 aliphatic rings. The van der Waals surface area contributed by atoms with Gasteiger partial charge in [0.1, 0.15) is 5.69 Å². The summed E-state index contributed by atoms with van der Waals surface area (Å²) in [7, 11) is -1.97. The van der Waals surface area contributed by atoms with E-state index in [1.807, 2.05) is 22.6 Å². The Kier molecular flexibility index (Phi) is 5.20. The molecule has 30 heavy (non-hydrogen) atoms. The Morgan fingerprint density at radius 2 is 1.67 bits per heavy atom. The molecule has 0 atom stereocenters. The van der Waals surface area contributed by atoms with Crippen LogP contribution in [0.1, 0.15) is 0 Å². The number of rotatable bonds is 5. The topological polar surface area (TPSA) is 100 Å². The summed E-state index contributed by atoms with van der Waals surface area (Å²) < 4.78 is 29.5. The molecule has 0 saturated heterocycles. The Morgan fingerprint density at radius 3 is 2.30 bits per heavy atom. The van der Waals surface area contributed by atoms with E-state index in [0.717, 1.165) is 5.56 Å². The van der Waals surface area contributed by atoms with Gasteiger partial charge in [0.2, 0.25) is 0 Å². The first-order chi connectivity index (χ1) is 14.3. The molecule has 0 N–H and O–H groups in total. The Labute approximate surface area is 186 Å². The van der Waals surface area contributed by atoms with Crippen LogP contribution in [0.15, 0.2) is 78.0 Å². The molecule has 2 heterocycles. The summed E-state index contributed by atoms with van der Waals surface area (Å²) in [6.07, 6.45) is 3.36. The largest absolute Gasteiger partial charge is 0.275 e. The molecule has 0 aliphatic carbocycles. The van der Waals surface area contributed by atoms with Crippen LogP contribution in [0.3, 0.4) is 0 Å². The summed E-state index contributed by atoms with van der Waals surface area (Å²) in [6, 6.07) is 16.1. The number of halogens is 1. The molecule has 0 spiro atoms. The van der Waals surface area contributed by atoms with E-state index in [4.69, 9.17) is 0 Å². The first-order valence-corrected chi connectivity index (χ1v) is 11.3. The molecule has 2 aromatic heterocycles. The van der Waals surface area contributed by atoms with E-state index in [1.165, 1.54) is 16.1 Å². The number of aromatic nitrogens is 3. The maximum atomic E-state index is 13.0. The predicted molar refractivity (Wildman–Crippen MR) is 120 cm³/mol. The second kappa shape index (κ2) is 7.69. The minimum absolute atomic E-state index is 0.00844. The molecule has 10 heteroatoms. The van der Waals surface area contributed by atoms with Gasteiger partial charge in [-0.25, -0.2) is 12.4 Å². The van der Waals surface area contributed by atoms with Gasteiger partial charge in [0, 0.05) is 48.3 Å². The third kappa shape index (κ3) is 3.63. The lowest BCUT2D eigenvalue weighted by Gasteiger charge is -2.06. The van der Waals surface area contributed by atoms with Crippen molar-refractivity contribution in [1.82, 2.24) is 13.8 Å². The van der Waals surface area contributed by atoms with Crippen molar-refractivity contribution in [3.63, 3.8) is 0 Å². The first-order valence-electron chi connectivity index (χ1n) is 8.75. The Morgan fingerprint density at radius 1 is 1.00 bits per heavy atom. The number of benzene rings is 2. The van der Waals surface area contributed by atoms with Crippen molar-refractivity contribution < 1.29 is 13.3 Å². The van der Waals surface area contributed by atoms with Crippen LogP contribution in [0.4, 0.5) is 5.69 Å². The van der Waals surface area contributed by atoms with Crippen molar-refractivity contribution in [2.45, 2.75) is 4.90 Å². The molecule has 0 fully saturated rings. The van der Waals surface area contributed by atoms with Crippen LogP contribution < -0.4 is 0 Å². The molecular weight excluding hydrogens is 519 g/mol. The van der Waals surface area contributed by atoms with Gasteiger partial charge >= 0.3 is 0 Å². The van der Waals surface area contributed by atoms with Crippen LogP contribution in [0.5, 0.6) is 0 Å². The summed E-state index contributed by atoms with van der Waals surface area (Å²) in [5.41, 5.74) is 2.71. The maximum Gasteiger partial charge on any atom is 0.269 e. The van der Waals surface area contributed by atoms with Gasteiger partial charge in [0.15, 0.2) is 0 Å². The zero-order chi connectivity index (χ0) is 21.5. The first kappa shape index (κ1) is 20.3. The van der Waals surface area contributed by atoms with Gasteiger partial charge in [0.25, 0.3) is 15.7 Å². The molecule has 152 valence electrons. The van der Waals surface area contributed by atoms with Crippen molar-refractivity contribution in [1.29, 1.82) is 0 Å². The van der Waals surface area contributed by atoms with E-state index in [-0.39, 0.29) is 10.6 Å². The van der Waals surface area contributed by atoms with E-state index in [9.17, 15) is 18.5 Å². The Hall–Kier alpha value is -2.99. The highest BCUT2D eigenvalue weighted by atomic mass is 127. The molecule has 0 bridgehead atoms. The van der Waals surface area contributed by atoms with E-state index in [1.54, 1.807) is 72.7 Å².